The summed E-state index contributed by atoms with van der Waals surface area (Å²) >= 11 is 1.52. The third kappa shape index (κ3) is 6.10. The van der Waals surface area contributed by atoms with Crippen LogP contribution < -0.4 is 10.6 Å². The summed E-state index contributed by atoms with van der Waals surface area (Å²) in [5.74, 6) is -0.611. The van der Waals surface area contributed by atoms with Gasteiger partial charge in [0, 0.05) is 19.2 Å². The first-order valence-corrected chi connectivity index (χ1v) is 9.07. The minimum absolute atomic E-state index is 0.202. The number of hydrogen-bond acceptors (Lipinski definition) is 3. The lowest BCUT2D eigenvalue weighted by molar-refractivity contribution is 0.0677. The maximum Gasteiger partial charge on any atom is 0.191 e. The second-order valence-corrected chi connectivity index (χ2v) is 6.72. The van der Waals surface area contributed by atoms with Crippen molar-refractivity contribution >= 4 is 17.3 Å². The van der Waals surface area contributed by atoms with Gasteiger partial charge in [0.1, 0.15) is 17.2 Å². The van der Waals surface area contributed by atoms with Crippen LogP contribution in [0.15, 0.2) is 40.0 Å². The lowest BCUT2D eigenvalue weighted by Gasteiger charge is -2.21. The first-order chi connectivity index (χ1) is 11.9. The predicted molar refractivity (Wildman–Crippen MR) is 97.9 cm³/mol. The number of aliphatic imine (C=N–C) groups is 1. The summed E-state index contributed by atoms with van der Waals surface area (Å²) in [5.41, 5.74) is 0.354. The highest BCUT2D eigenvalue weighted by Gasteiger charge is 2.23. The molecule has 0 bridgehead atoms. The third-order valence-electron chi connectivity index (χ3n) is 3.66. The summed E-state index contributed by atoms with van der Waals surface area (Å²) in [5, 5.41) is 20.5. The minimum atomic E-state index is -1.05. The fourth-order valence-electron chi connectivity index (χ4n) is 2.32. The highest BCUT2D eigenvalue weighted by atomic mass is 32.1. The molecule has 136 valence electrons. The van der Waals surface area contributed by atoms with Crippen molar-refractivity contribution in [2.24, 2.45) is 4.99 Å². The third-order valence-corrected chi connectivity index (χ3v) is 4.34. The zero-order valence-corrected chi connectivity index (χ0v) is 15.2. The molecule has 1 heterocycles. The highest BCUT2D eigenvalue weighted by Crippen LogP contribution is 2.23. The van der Waals surface area contributed by atoms with E-state index in [1.807, 2.05) is 23.8 Å². The van der Waals surface area contributed by atoms with Gasteiger partial charge in [-0.2, -0.15) is 11.3 Å². The van der Waals surface area contributed by atoms with Gasteiger partial charge in [-0.05, 0) is 60.4 Å². The van der Waals surface area contributed by atoms with Crippen LogP contribution in [0.2, 0.25) is 0 Å². The molecule has 2 rings (SSSR count). The predicted octanol–water partition coefficient (Wildman–Crippen LogP) is 3.03. The van der Waals surface area contributed by atoms with Gasteiger partial charge in [0.2, 0.25) is 0 Å². The Morgan fingerprint density at radius 1 is 1.24 bits per heavy atom. The number of rotatable bonds is 7. The number of thiophene rings is 1. The molecule has 0 spiro atoms. The Hall–Kier alpha value is -1.99. The molecule has 0 amide bonds. The number of nitrogens with one attached hydrogen (secondary N) is 2. The van der Waals surface area contributed by atoms with Gasteiger partial charge in [-0.1, -0.05) is 0 Å². The topological polar surface area (TPSA) is 56.7 Å². The molecule has 2 aromatic rings. The average Bonchev–Trinajstić information content (AvgIpc) is 3.07. The second kappa shape index (κ2) is 8.92. The molecule has 1 unspecified atom stereocenters. The van der Waals surface area contributed by atoms with Crippen molar-refractivity contribution in [2.45, 2.75) is 25.9 Å². The number of aliphatic hydroxyl groups is 1. The van der Waals surface area contributed by atoms with Crippen molar-refractivity contribution in [3.63, 3.8) is 0 Å². The molecular weight excluding hydrogens is 344 g/mol. The molecule has 0 aliphatic rings. The van der Waals surface area contributed by atoms with Gasteiger partial charge in [-0.15, -0.1) is 0 Å². The van der Waals surface area contributed by atoms with E-state index < -0.39 is 17.2 Å². The Morgan fingerprint density at radius 3 is 2.56 bits per heavy atom. The Morgan fingerprint density at radius 2 is 1.96 bits per heavy atom. The van der Waals surface area contributed by atoms with E-state index in [4.69, 9.17) is 0 Å². The largest absolute Gasteiger partial charge is 0.383 e. The van der Waals surface area contributed by atoms with Crippen LogP contribution in [-0.4, -0.2) is 30.7 Å². The summed E-state index contributed by atoms with van der Waals surface area (Å²) in [4.78, 5) is 4.41. The smallest absolute Gasteiger partial charge is 0.191 e. The molecule has 3 N–H and O–H groups in total. The number of benzene rings is 1. The molecular formula is C18H23F2N3OS. The van der Waals surface area contributed by atoms with Crippen LogP contribution in [0.5, 0.6) is 0 Å². The van der Waals surface area contributed by atoms with E-state index in [-0.39, 0.29) is 6.54 Å². The fourth-order valence-corrected chi connectivity index (χ4v) is 3.10. The SMILES string of the molecule is CCNC(=NCC(C)(O)c1ccsc1)NCCc1cc(F)cc(F)c1. The first-order valence-electron chi connectivity index (χ1n) is 8.13. The molecule has 0 fully saturated rings. The van der Waals surface area contributed by atoms with Crippen molar-refractivity contribution in [3.8, 4) is 0 Å². The molecule has 1 aromatic heterocycles. The van der Waals surface area contributed by atoms with Crippen LogP contribution in [0.4, 0.5) is 8.78 Å². The van der Waals surface area contributed by atoms with E-state index >= 15 is 0 Å². The summed E-state index contributed by atoms with van der Waals surface area (Å²) in [6, 6.07) is 5.36. The fraction of sp³-hybridized carbons (Fsp3) is 0.389. The summed E-state index contributed by atoms with van der Waals surface area (Å²) < 4.78 is 26.4. The van der Waals surface area contributed by atoms with Crippen molar-refractivity contribution < 1.29 is 13.9 Å². The molecule has 0 radical (unpaired) electrons. The van der Waals surface area contributed by atoms with Gasteiger partial charge in [0.25, 0.3) is 0 Å². The summed E-state index contributed by atoms with van der Waals surface area (Å²) in [7, 11) is 0. The Bertz CT molecular complexity index is 682. The van der Waals surface area contributed by atoms with E-state index in [1.54, 1.807) is 6.92 Å². The summed E-state index contributed by atoms with van der Waals surface area (Å²) in [6.45, 7) is 5.00. The molecule has 25 heavy (non-hydrogen) atoms. The van der Waals surface area contributed by atoms with Crippen molar-refractivity contribution in [2.75, 3.05) is 19.6 Å². The number of hydrogen-bond donors (Lipinski definition) is 3. The van der Waals surface area contributed by atoms with Gasteiger partial charge in [0.15, 0.2) is 5.96 Å². The lowest BCUT2D eigenvalue weighted by Crippen LogP contribution is -2.39. The molecule has 7 heteroatoms. The van der Waals surface area contributed by atoms with E-state index in [1.165, 1.54) is 23.5 Å². The first kappa shape index (κ1) is 19.3. The summed E-state index contributed by atoms with van der Waals surface area (Å²) in [6.07, 6.45) is 0.458. The van der Waals surface area contributed by atoms with E-state index in [0.29, 0.717) is 31.0 Å². The molecule has 0 saturated heterocycles. The average molecular weight is 367 g/mol. The van der Waals surface area contributed by atoms with E-state index in [0.717, 1.165) is 11.6 Å². The maximum absolute atomic E-state index is 13.2. The van der Waals surface area contributed by atoms with Crippen LogP contribution in [0.1, 0.15) is 25.0 Å². The molecule has 0 saturated carbocycles. The molecule has 0 aliphatic heterocycles. The number of guanidine groups is 1. The number of nitrogens with zero attached hydrogens (tertiary/aromatic N) is 1. The van der Waals surface area contributed by atoms with E-state index in [9.17, 15) is 13.9 Å². The van der Waals surface area contributed by atoms with Gasteiger partial charge in [-0.25, -0.2) is 13.8 Å². The molecule has 0 aliphatic carbocycles. The van der Waals surface area contributed by atoms with Gasteiger partial charge >= 0.3 is 0 Å². The Labute approximate surface area is 150 Å². The minimum Gasteiger partial charge on any atom is -0.383 e. The van der Waals surface area contributed by atoms with Crippen LogP contribution in [-0.2, 0) is 12.0 Å². The van der Waals surface area contributed by atoms with Crippen molar-refractivity contribution in [3.05, 3.63) is 57.8 Å². The van der Waals surface area contributed by atoms with Crippen molar-refractivity contribution in [1.82, 2.24) is 10.6 Å². The Kier molecular flexibility index (Phi) is 6.90. The number of halogens is 2. The van der Waals surface area contributed by atoms with Gasteiger partial charge in [-0.3, -0.25) is 0 Å². The molecule has 1 atom stereocenters. The monoisotopic (exact) mass is 367 g/mol. The van der Waals surface area contributed by atoms with Crippen LogP contribution in [0.25, 0.3) is 0 Å². The highest BCUT2D eigenvalue weighted by molar-refractivity contribution is 7.08. The van der Waals surface area contributed by atoms with Crippen molar-refractivity contribution in [1.29, 1.82) is 0 Å². The molecule has 1 aromatic carbocycles. The standard InChI is InChI=1S/C18H23F2N3OS/c1-3-21-17(23-12-18(2,24)14-5-7-25-11-14)22-6-4-13-8-15(19)10-16(20)9-13/h5,7-11,24H,3-4,6,12H2,1-2H3,(H2,21,22,23). The zero-order chi connectivity index (χ0) is 18.3. The molecule has 4 nitrogen and oxygen atoms in total. The van der Waals surface area contributed by atoms with Crippen LogP contribution in [0.3, 0.4) is 0 Å². The second-order valence-electron chi connectivity index (χ2n) is 5.94. The van der Waals surface area contributed by atoms with E-state index in [2.05, 4.69) is 15.6 Å². The quantitative estimate of drug-likeness (QED) is 0.521. The van der Waals surface area contributed by atoms with Crippen LogP contribution >= 0.6 is 11.3 Å². The maximum atomic E-state index is 13.2. The van der Waals surface area contributed by atoms with Crippen LogP contribution in [0, 0.1) is 11.6 Å². The lowest BCUT2D eigenvalue weighted by atomic mass is 10.00. The Balaban J connectivity index is 1.93. The van der Waals surface area contributed by atoms with Gasteiger partial charge < -0.3 is 15.7 Å². The zero-order valence-electron chi connectivity index (χ0n) is 14.4. The normalized spacial score (nSPS) is 14.2. The van der Waals surface area contributed by atoms with Gasteiger partial charge in [0.05, 0.1) is 6.54 Å².